The molecule has 0 atom stereocenters. The van der Waals surface area contributed by atoms with Crippen molar-refractivity contribution in [3.8, 4) is 5.75 Å². The molecule has 0 aliphatic heterocycles. The van der Waals surface area contributed by atoms with E-state index in [4.69, 9.17) is 17.0 Å². The number of anilines is 2. The summed E-state index contributed by atoms with van der Waals surface area (Å²) in [4.78, 5) is 24.7. The Labute approximate surface area is 213 Å². The van der Waals surface area contributed by atoms with Crippen molar-refractivity contribution >= 4 is 56.4 Å². The first-order valence-corrected chi connectivity index (χ1v) is 12.0. The highest BCUT2D eigenvalue weighted by molar-refractivity contribution is 9.10. The predicted molar refractivity (Wildman–Crippen MR) is 143 cm³/mol. The minimum absolute atomic E-state index is 0.0294. The van der Waals surface area contributed by atoms with Gasteiger partial charge in [0, 0.05) is 23.4 Å². The Kier molecular flexibility index (Phi) is 9.18. The molecular formula is C26H26BrN3O3S. The van der Waals surface area contributed by atoms with Gasteiger partial charge < -0.3 is 15.4 Å². The molecule has 0 fully saturated rings. The topological polar surface area (TPSA) is 79.5 Å². The Hall–Kier alpha value is -3.23. The third-order valence-corrected chi connectivity index (χ3v) is 5.52. The van der Waals surface area contributed by atoms with Crippen LogP contribution in [0.15, 0.2) is 77.3 Å². The van der Waals surface area contributed by atoms with Crippen LogP contribution in [0.2, 0.25) is 0 Å². The van der Waals surface area contributed by atoms with E-state index >= 15 is 0 Å². The van der Waals surface area contributed by atoms with Gasteiger partial charge in [0.1, 0.15) is 5.75 Å². The van der Waals surface area contributed by atoms with E-state index in [1.807, 2.05) is 44.2 Å². The third kappa shape index (κ3) is 7.97. The van der Waals surface area contributed by atoms with Crippen LogP contribution in [0.1, 0.15) is 36.2 Å². The summed E-state index contributed by atoms with van der Waals surface area (Å²) in [5.41, 5.74) is 2.95. The molecule has 3 rings (SSSR count). The molecule has 0 unspecified atom stereocenters. The lowest BCUT2D eigenvalue weighted by atomic mass is 10.1. The van der Waals surface area contributed by atoms with Gasteiger partial charge in [0.05, 0.1) is 10.6 Å². The molecule has 0 aliphatic carbocycles. The maximum Gasteiger partial charge on any atom is 0.257 e. The molecule has 176 valence electrons. The van der Waals surface area contributed by atoms with Crippen LogP contribution in [0, 0.1) is 0 Å². The summed E-state index contributed by atoms with van der Waals surface area (Å²) >= 11 is 8.69. The van der Waals surface area contributed by atoms with Gasteiger partial charge in [0.25, 0.3) is 5.91 Å². The van der Waals surface area contributed by atoms with E-state index < -0.39 is 0 Å². The molecule has 0 saturated heterocycles. The number of benzene rings is 3. The lowest BCUT2D eigenvalue weighted by Crippen LogP contribution is -2.34. The highest BCUT2D eigenvalue weighted by Crippen LogP contribution is 2.27. The Morgan fingerprint density at radius 1 is 0.941 bits per heavy atom. The summed E-state index contributed by atoms with van der Waals surface area (Å²) in [5.74, 6) is 0.277. The number of carbonyl (C=O) groups excluding carboxylic acids is 2. The second kappa shape index (κ2) is 12.3. The molecule has 3 N–H and O–H groups in total. The average molecular weight is 540 g/mol. The van der Waals surface area contributed by atoms with Crippen LogP contribution in [0.4, 0.5) is 11.4 Å². The zero-order valence-electron chi connectivity index (χ0n) is 18.9. The molecule has 0 saturated carbocycles. The van der Waals surface area contributed by atoms with E-state index in [1.54, 1.807) is 42.5 Å². The van der Waals surface area contributed by atoms with Gasteiger partial charge in [-0.05, 0) is 96.4 Å². The Morgan fingerprint density at radius 3 is 2.21 bits per heavy atom. The highest BCUT2D eigenvalue weighted by atomic mass is 79.9. The Balaban J connectivity index is 1.48. The lowest BCUT2D eigenvalue weighted by molar-refractivity contribution is -0.116. The molecule has 0 bridgehead atoms. The van der Waals surface area contributed by atoms with E-state index in [-0.39, 0.29) is 23.0 Å². The summed E-state index contributed by atoms with van der Waals surface area (Å²) in [6, 6.07) is 22.1. The van der Waals surface area contributed by atoms with Crippen LogP contribution >= 0.6 is 28.1 Å². The molecule has 34 heavy (non-hydrogen) atoms. The molecule has 3 aromatic carbocycles. The minimum atomic E-state index is -0.336. The monoisotopic (exact) mass is 539 g/mol. The fourth-order valence-electron chi connectivity index (χ4n) is 3.09. The smallest absolute Gasteiger partial charge is 0.257 e. The number of ether oxygens (including phenoxy) is 1. The fourth-order valence-corrected chi connectivity index (χ4v) is 3.77. The lowest BCUT2D eigenvalue weighted by Gasteiger charge is -2.13. The standard InChI is InChI=1S/C26H26BrN3O3S/c1-17(2)33-23-14-9-19(16-22(23)27)25(32)30-26(34)29-21-12-10-20(11-13-21)28-24(31)15-8-18-6-4-3-5-7-18/h3-7,9-14,16-17H,8,15H2,1-2H3,(H,28,31)(H2,29,30,32,34). The predicted octanol–water partition coefficient (Wildman–Crippen LogP) is 5.93. The van der Waals surface area contributed by atoms with Crippen molar-refractivity contribution in [2.24, 2.45) is 0 Å². The average Bonchev–Trinajstić information content (AvgIpc) is 2.80. The van der Waals surface area contributed by atoms with Crippen LogP contribution in [0.3, 0.4) is 0 Å². The number of rotatable bonds is 8. The number of carbonyl (C=O) groups is 2. The highest BCUT2D eigenvalue weighted by Gasteiger charge is 2.12. The summed E-state index contributed by atoms with van der Waals surface area (Å²) in [5, 5.41) is 8.69. The summed E-state index contributed by atoms with van der Waals surface area (Å²) in [7, 11) is 0. The van der Waals surface area contributed by atoms with E-state index in [0.717, 1.165) is 5.56 Å². The Bertz CT molecular complexity index is 1150. The van der Waals surface area contributed by atoms with Crippen LogP contribution in [0.25, 0.3) is 0 Å². The van der Waals surface area contributed by atoms with Crippen LogP contribution in [-0.2, 0) is 11.2 Å². The first-order valence-electron chi connectivity index (χ1n) is 10.8. The summed E-state index contributed by atoms with van der Waals surface area (Å²) < 4.78 is 6.35. The molecule has 0 aliphatic rings. The molecule has 6 nitrogen and oxygen atoms in total. The largest absolute Gasteiger partial charge is 0.490 e. The Morgan fingerprint density at radius 2 is 1.59 bits per heavy atom. The van der Waals surface area contributed by atoms with Gasteiger partial charge in [-0.3, -0.25) is 14.9 Å². The number of halogens is 1. The number of nitrogens with one attached hydrogen (secondary N) is 3. The minimum Gasteiger partial charge on any atom is -0.490 e. The van der Waals surface area contributed by atoms with Gasteiger partial charge in [0.15, 0.2) is 5.11 Å². The molecule has 0 aromatic heterocycles. The molecule has 0 radical (unpaired) electrons. The molecular weight excluding hydrogens is 514 g/mol. The number of aryl methyl sites for hydroxylation is 1. The van der Waals surface area contributed by atoms with Crippen molar-refractivity contribution < 1.29 is 14.3 Å². The van der Waals surface area contributed by atoms with Crippen molar-refractivity contribution in [1.82, 2.24) is 5.32 Å². The summed E-state index contributed by atoms with van der Waals surface area (Å²) in [6.07, 6.45) is 1.12. The maximum atomic E-state index is 12.5. The van der Waals surface area contributed by atoms with Gasteiger partial charge in [0.2, 0.25) is 5.91 Å². The van der Waals surface area contributed by atoms with E-state index in [9.17, 15) is 9.59 Å². The summed E-state index contributed by atoms with van der Waals surface area (Å²) in [6.45, 7) is 3.87. The van der Waals surface area contributed by atoms with Gasteiger partial charge in [-0.15, -0.1) is 0 Å². The van der Waals surface area contributed by atoms with Gasteiger partial charge >= 0.3 is 0 Å². The molecule has 3 aromatic rings. The van der Waals surface area contributed by atoms with Crippen molar-refractivity contribution in [3.63, 3.8) is 0 Å². The van der Waals surface area contributed by atoms with Crippen LogP contribution in [-0.4, -0.2) is 23.0 Å². The number of hydrogen-bond donors (Lipinski definition) is 3. The van der Waals surface area contributed by atoms with Crippen molar-refractivity contribution in [3.05, 3.63) is 88.4 Å². The quantitative estimate of drug-likeness (QED) is 0.309. The molecule has 2 amide bonds. The number of amides is 2. The van der Waals surface area contributed by atoms with E-state index in [2.05, 4.69) is 31.9 Å². The van der Waals surface area contributed by atoms with Crippen molar-refractivity contribution in [1.29, 1.82) is 0 Å². The second-order valence-electron chi connectivity index (χ2n) is 7.83. The zero-order chi connectivity index (χ0) is 24.5. The SMILES string of the molecule is CC(C)Oc1ccc(C(=O)NC(=S)Nc2ccc(NC(=O)CCc3ccccc3)cc2)cc1Br. The van der Waals surface area contributed by atoms with Crippen molar-refractivity contribution in [2.75, 3.05) is 10.6 Å². The molecule has 8 heteroatoms. The van der Waals surface area contributed by atoms with E-state index in [1.165, 1.54) is 0 Å². The number of hydrogen-bond acceptors (Lipinski definition) is 4. The van der Waals surface area contributed by atoms with Gasteiger partial charge in [-0.2, -0.15) is 0 Å². The fraction of sp³-hybridized carbons (Fsp3) is 0.192. The van der Waals surface area contributed by atoms with Crippen LogP contribution in [0.5, 0.6) is 5.75 Å². The van der Waals surface area contributed by atoms with Gasteiger partial charge in [-0.25, -0.2) is 0 Å². The molecule has 0 heterocycles. The second-order valence-corrected chi connectivity index (χ2v) is 9.09. The molecule has 0 spiro atoms. The van der Waals surface area contributed by atoms with Crippen molar-refractivity contribution in [2.45, 2.75) is 32.8 Å². The third-order valence-electron chi connectivity index (χ3n) is 4.69. The zero-order valence-corrected chi connectivity index (χ0v) is 21.3. The maximum absolute atomic E-state index is 12.5. The van der Waals surface area contributed by atoms with Crippen LogP contribution < -0.4 is 20.7 Å². The first kappa shape index (κ1) is 25.4. The van der Waals surface area contributed by atoms with Gasteiger partial charge in [-0.1, -0.05) is 30.3 Å². The number of thiocarbonyl (C=S) groups is 1. The normalized spacial score (nSPS) is 10.5. The first-order chi connectivity index (χ1) is 16.3. The van der Waals surface area contributed by atoms with E-state index in [0.29, 0.717) is 40.0 Å².